The Morgan fingerprint density at radius 3 is 2.53 bits per heavy atom. The van der Waals surface area contributed by atoms with Crippen molar-refractivity contribution in [1.29, 1.82) is 0 Å². The van der Waals surface area contributed by atoms with E-state index in [4.69, 9.17) is 0 Å². The van der Waals surface area contributed by atoms with Crippen LogP contribution in [0.2, 0.25) is 0 Å². The molecular weight excluding hydrogens is 190 g/mol. The van der Waals surface area contributed by atoms with Crippen LogP contribution in [-0.2, 0) is 0 Å². The van der Waals surface area contributed by atoms with Gasteiger partial charge in [0.25, 0.3) is 0 Å². The lowest BCUT2D eigenvalue weighted by molar-refractivity contribution is 1.20. The highest BCUT2D eigenvalue weighted by Crippen LogP contribution is 1.71. The van der Waals surface area contributed by atoms with Crippen LogP contribution in [-0.4, -0.2) is 15.0 Å². The summed E-state index contributed by atoms with van der Waals surface area (Å²) in [6.07, 6.45) is 6.06. The maximum Gasteiger partial charge on any atom is 0.247 e. The van der Waals surface area contributed by atoms with E-state index in [2.05, 4.69) is 15.0 Å². The van der Waals surface area contributed by atoms with E-state index >= 15 is 0 Å². The van der Waals surface area contributed by atoms with Crippen LogP contribution in [0.5, 0.6) is 0 Å². The largest absolute Gasteiger partial charge is 0.329 e. The molecule has 0 aliphatic heterocycles. The lowest BCUT2D eigenvalue weighted by Crippen LogP contribution is -1.97. The Bertz CT molecular complexity index is 416. The van der Waals surface area contributed by atoms with Crippen molar-refractivity contribution in [3.05, 3.63) is 71.7 Å². The van der Waals surface area contributed by atoms with Gasteiger partial charge in [0, 0.05) is 24.7 Å². The summed E-state index contributed by atoms with van der Waals surface area (Å²) in [7, 11) is 0. The molecule has 0 aromatic carbocycles. The fourth-order valence-corrected chi connectivity index (χ4v) is 0.757. The second kappa shape index (κ2) is 7.20. The van der Waals surface area contributed by atoms with Gasteiger partial charge in [0.2, 0.25) is 5.56 Å². The van der Waals surface area contributed by atoms with Crippen molar-refractivity contribution < 1.29 is 0 Å². The molecule has 0 atom stereocenters. The van der Waals surface area contributed by atoms with Crippen LogP contribution in [0.15, 0.2) is 66.1 Å². The normalized spacial score (nSPS) is 8.27. The Labute approximate surface area is 87.3 Å². The standard InChI is InChI=1S/C11H11N3O/c15-11-6-5-8-13-10-12-7-3-1-2-4-9-14-11/h1-10H,(H,14,15). The quantitative estimate of drug-likeness (QED) is 0.690. The lowest BCUT2D eigenvalue weighted by Gasteiger charge is -1.71. The molecule has 0 saturated carbocycles. The number of rotatable bonds is 0. The van der Waals surface area contributed by atoms with Gasteiger partial charge in [0.05, 0.1) is 0 Å². The highest BCUT2D eigenvalue weighted by Gasteiger charge is 1.67. The number of hydrogen-bond acceptors (Lipinski definition) is 3. The Balaban J connectivity index is 3.17. The fraction of sp³-hybridized carbons (Fsp3) is 0. The van der Waals surface area contributed by atoms with E-state index in [-0.39, 0.29) is 5.56 Å². The van der Waals surface area contributed by atoms with Crippen LogP contribution in [0.25, 0.3) is 0 Å². The molecule has 0 radical (unpaired) electrons. The maximum absolute atomic E-state index is 11.1. The number of aromatic nitrogens is 3. The molecule has 0 amide bonds. The third-order valence-electron chi connectivity index (χ3n) is 1.38. The SMILES string of the molecule is O=c1cccncncccccc[nH]1. The summed E-state index contributed by atoms with van der Waals surface area (Å²) >= 11 is 0. The molecule has 0 saturated heterocycles. The second-order valence-electron chi connectivity index (χ2n) is 2.52. The zero-order valence-corrected chi connectivity index (χ0v) is 8.08. The topological polar surface area (TPSA) is 58.6 Å². The van der Waals surface area contributed by atoms with E-state index in [0.717, 1.165) is 0 Å². The first kappa shape index (κ1) is 10.8. The van der Waals surface area contributed by atoms with E-state index in [0.29, 0.717) is 0 Å². The van der Waals surface area contributed by atoms with Crippen LogP contribution >= 0.6 is 0 Å². The summed E-state index contributed by atoms with van der Waals surface area (Å²) in [6.45, 7) is 0. The minimum absolute atomic E-state index is 0.198. The lowest BCUT2D eigenvalue weighted by atomic mass is 10.5. The first-order chi connectivity index (χ1) is 7.39. The highest BCUT2D eigenvalue weighted by atomic mass is 16.1. The average molecular weight is 201 g/mol. The minimum atomic E-state index is -0.198. The van der Waals surface area contributed by atoms with Crippen molar-refractivity contribution in [2.24, 2.45) is 0 Å². The predicted octanol–water partition coefficient (Wildman–Crippen LogP) is 1.41. The highest BCUT2D eigenvalue weighted by molar-refractivity contribution is 4.88. The van der Waals surface area contributed by atoms with Crippen molar-refractivity contribution in [3.8, 4) is 0 Å². The van der Waals surface area contributed by atoms with Gasteiger partial charge in [0.1, 0.15) is 6.33 Å². The minimum Gasteiger partial charge on any atom is -0.329 e. The van der Waals surface area contributed by atoms with Crippen LogP contribution in [0.3, 0.4) is 0 Å². The number of hydrogen-bond donors (Lipinski definition) is 1. The molecule has 0 spiro atoms. The second-order valence-corrected chi connectivity index (χ2v) is 2.52. The van der Waals surface area contributed by atoms with Gasteiger partial charge in [-0.2, -0.15) is 0 Å². The zero-order chi connectivity index (χ0) is 10.8. The molecule has 0 fully saturated rings. The molecule has 0 aliphatic carbocycles. The predicted molar refractivity (Wildman–Crippen MR) is 57.9 cm³/mol. The number of nitrogens with one attached hydrogen (secondary N) is 1. The van der Waals surface area contributed by atoms with Crippen molar-refractivity contribution >= 4 is 0 Å². The van der Waals surface area contributed by atoms with Gasteiger partial charge in [-0.3, -0.25) is 4.79 Å². The molecule has 4 heteroatoms. The van der Waals surface area contributed by atoms with Crippen molar-refractivity contribution in [2.75, 3.05) is 0 Å². The van der Waals surface area contributed by atoms with Gasteiger partial charge in [-0.1, -0.05) is 12.1 Å². The van der Waals surface area contributed by atoms with Crippen LogP contribution < -0.4 is 5.56 Å². The Morgan fingerprint density at radius 1 is 0.933 bits per heavy atom. The summed E-state index contributed by atoms with van der Waals surface area (Å²) in [5, 5.41) is 0. The van der Waals surface area contributed by atoms with Gasteiger partial charge >= 0.3 is 0 Å². The average Bonchev–Trinajstić information content (AvgIpc) is 2.24. The molecule has 0 bridgehead atoms. The van der Waals surface area contributed by atoms with Crippen molar-refractivity contribution in [1.82, 2.24) is 15.0 Å². The Hall–Kier alpha value is -2.23. The monoisotopic (exact) mass is 201 g/mol. The summed E-state index contributed by atoms with van der Waals surface area (Å²) < 4.78 is 0. The molecule has 4 nitrogen and oxygen atoms in total. The van der Waals surface area contributed by atoms with Crippen molar-refractivity contribution in [2.45, 2.75) is 0 Å². The van der Waals surface area contributed by atoms with Crippen molar-refractivity contribution in [3.63, 3.8) is 0 Å². The smallest absolute Gasteiger partial charge is 0.247 e. The maximum atomic E-state index is 11.1. The molecule has 1 N–H and O–H groups in total. The number of nitrogens with zero attached hydrogens (tertiary/aromatic N) is 2. The first-order valence-corrected chi connectivity index (χ1v) is 4.40. The molecule has 1 heterocycles. The molecule has 1 aromatic heterocycles. The molecule has 0 aliphatic rings. The van der Waals surface area contributed by atoms with E-state index in [9.17, 15) is 4.79 Å². The Morgan fingerprint density at radius 2 is 1.67 bits per heavy atom. The third-order valence-corrected chi connectivity index (χ3v) is 1.38. The summed E-state index contributed by atoms with van der Waals surface area (Å²) in [5.41, 5.74) is -0.198. The fourth-order valence-electron chi connectivity index (χ4n) is 0.757. The van der Waals surface area contributed by atoms with Crippen LogP contribution in [0.1, 0.15) is 0 Å². The first-order valence-electron chi connectivity index (χ1n) is 4.40. The summed E-state index contributed by atoms with van der Waals surface area (Å²) in [6, 6.07) is 9.99. The third kappa shape index (κ3) is 5.93. The van der Waals surface area contributed by atoms with E-state index in [1.807, 2.05) is 0 Å². The summed E-state index contributed by atoms with van der Waals surface area (Å²) in [5.74, 6) is 0. The zero-order valence-electron chi connectivity index (χ0n) is 8.08. The molecule has 1 aromatic rings. The van der Waals surface area contributed by atoms with Gasteiger partial charge in [-0.25, -0.2) is 9.97 Å². The van der Waals surface area contributed by atoms with E-state index in [1.165, 1.54) is 18.6 Å². The van der Waals surface area contributed by atoms with Crippen LogP contribution in [0.4, 0.5) is 0 Å². The molecule has 1 rings (SSSR count). The summed E-state index contributed by atoms with van der Waals surface area (Å²) in [4.78, 5) is 21.3. The molecule has 0 unspecified atom stereocenters. The van der Waals surface area contributed by atoms with E-state index < -0.39 is 0 Å². The van der Waals surface area contributed by atoms with Gasteiger partial charge in [-0.05, 0) is 18.2 Å². The van der Waals surface area contributed by atoms with Crippen LogP contribution in [0, 0.1) is 0 Å². The van der Waals surface area contributed by atoms with Gasteiger partial charge < -0.3 is 4.98 Å². The number of H-pyrrole nitrogens is 1. The van der Waals surface area contributed by atoms with Gasteiger partial charge in [0.15, 0.2) is 0 Å². The molecule has 15 heavy (non-hydrogen) atoms. The Kier molecular flexibility index (Phi) is 5.21. The molecular formula is C11H11N3O. The number of aromatic amines is 1. The molecule has 76 valence electrons. The van der Waals surface area contributed by atoms with Gasteiger partial charge in [-0.15, -0.1) is 0 Å². The van der Waals surface area contributed by atoms with E-state index in [1.54, 1.807) is 42.7 Å².